The van der Waals surface area contributed by atoms with E-state index in [-0.39, 0.29) is 5.82 Å². The predicted octanol–water partition coefficient (Wildman–Crippen LogP) is 4.96. The number of pyridine rings is 1. The molecule has 2 fully saturated rings. The molecule has 164 valence electrons. The zero-order chi connectivity index (χ0) is 21.7. The van der Waals surface area contributed by atoms with E-state index in [0.29, 0.717) is 11.5 Å². The molecule has 0 unspecified atom stereocenters. The average Bonchev–Trinajstić information content (AvgIpc) is 3.43. The molecule has 0 N–H and O–H groups in total. The molecule has 1 spiro atoms. The SMILES string of the molecule is C[C@H]1CC2(CCN(c3ncc(Sc4ccnc5ccc(F)cc45)c4nccn34)CC2)CO1. The third kappa shape index (κ3) is 3.42. The number of ether oxygens (including phenoxy) is 1. The van der Waals surface area contributed by atoms with Crippen LogP contribution in [0, 0.1) is 11.2 Å². The van der Waals surface area contributed by atoms with Crippen molar-refractivity contribution in [3.63, 3.8) is 0 Å². The highest BCUT2D eigenvalue weighted by Crippen LogP contribution is 2.43. The molecule has 4 aromatic rings. The van der Waals surface area contributed by atoms with Crippen molar-refractivity contribution in [2.75, 3.05) is 24.6 Å². The van der Waals surface area contributed by atoms with E-state index in [1.54, 1.807) is 24.0 Å². The number of hydrogen-bond acceptors (Lipinski definition) is 6. The molecule has 1 atom stereocenters. The lowest BCUT2D eigenvalue weighted by Gasteiger charge is -2.39. The standard InChI is InChI=1S/C24H24FN5OS/c1-16-13-24(15-31-16)5-9-29(10-6-24)23-28-14-21(22-27-8-11-30(22)23)32-20-4-7-26-19-3-2-17(25)12-18(19)20/h2-4,7-8,11-12,14,16H,5-6,9-10,13,15H2,1H3/t16-/m0/s1. The Labute approximate surface area is 189 Å². The second-order valence-corrected chi connectivity index (χ2v) is 10.0. The van der Waals surface area contributed by atoms with Gasteiger partial charge in [0.2, 0.25) is 5.95 Å². The van der Waals surface area contributed by atoms with Crippen LogP contribution in [0.2, 0.25) is 0 Å². The summed E-state index contributed by atoms with van der Waals surface area (Å²) in [5.41, 5.74) is 1.96. The van der Waals surface area contributed by atoms with Gasteiger partial charge in [0.1, 0.15) is 5.82 Å². The normalized spacial score (nSPS) is 20.6. The van der Waals surface area contributed by atoms with Crippen molar-refractivity contribution in [2.24, 2.45) is 5.41 Å². The summed E-state index contributed by atoms with van der Waals surface area (Å²) in [5, 5.41) is 0.792. The van der Waals surface area contributed by atoms with Crippen molar-refractivity contribution >= 4 is 34.3 Å². The fourth-order valence-electron chi connectivity index (χ4n) is 5.07. The quantitative estimate of drug-likeness (QED) is 0.441. The van der Waals surface area contributed by atoms with Gasteiger partial charge >= 0.3 is 0 Å². The van der Waals surface area contributed by atoms with Gasteiger partial charge in [0, 0.05) is 48.2 Å². The zero-order valence-electron chi connectivity index (χ0n) is 17.9. The number of nitrogens with zero attached hydrogens (tertiary/aromatic N) is 5. The Hall–Kier alpha value is -2.71. The average molecular weight is 450 g/mol. The molecular weight excluding hydrogens is 425 g/mol. The summed E-state index contributed by atoms with van der Waals surface area (Å²) in [6.07, 6.45) is 11.2. The summed E-state index contributed by atoms with van der Waals surface area (Å²) in [7, 11) is 0. The monoisotopic (exact) mass is 449 g/mol. The van der Waals surface area contributed by atoms with Crippen molar-refractivity contribution in [3.8, 4) is 0 Å². The Kier molecular flexibility index (Phi) is 4.80. The fourth-order valence-corrected chi connectivity index (χ4v) is 6.05. The van der Waals surface area contributed by atoms with E-state index in [4.69, 9.17) is 9.72 Å². The molecular formula is C24H24FN5OS. The van der Waals surface area contributed by atoms with Crippen molar-refractivity contribution in [1.82, 2.24) is 19.4 Å². The second-order valence-electron chi connectivity index (χ2n) is 8.93. The first-order chi connectivity index (χ1) is 15.6. The van der Waals surface area contributed by atoms with Crippen LogP contribution in [0.1, 0.15) is 26.2 Å². The summed E-state index contributed by atoms with van der Waals surface area (Å²) >= 11 is 1.54. The number of benzene rings is 1. The maximum atomic E-state index is 13.9. The largest absolute Gasteiger partial charge is 0.378 e. The van der Waals surface area contributed by atoms with Gasteiger partial charge in [-0.25, -0.2) is 14.4 Å². The number of imidazole rings is 1. The van der Waals surface area contributed by atoms with E-state index in [1.807, 2.05) is 24.7 Å². The minimum absolute atomic E-state index is 0.267. The highest BCUT2D eigenvalue weighted by molar-refractivity contribution is 7.99. The molecule has 8 heteroatoms. The van der Waals surface area contributed by atoms with Gasteiger partial charge in [-0.05, 0) is 55.9 Å². The Bertz CT molecular complexity index is 1300. The molecule has 32 heavy (non-hydrogen) atoms. The van der Waals surface area contributed by atoms with E-state index in [9.17, 15) is 4.39 Å². The lowest BCUT2D eigenvalue weighted by molar-refractivity contribution is 0.0975. The molecule has 0 bridgehead atoms. The molecule has 2 aliphatic heterocycles. The van der Waals surface area contributed by atoms with Crippen LogP contribution in [0.25, 0.3) is 16.6 Å². The smallest absolute Gasteiger partial charge is 0.211 e. The third-order valence-corrected chi connectivity index (χ3v) is 7.84. The summed E-state index contributed by atoms with van der Waals surface area (Å²) in [5.74, 6) is 0.658. The molecule has 5 heterocycles. The number of anilines is 1. The number of hydrogen-bond donors (Lipinski definition) is 0. The van der Waals surface area contributed by atoms with Crippen molar-refractivity contribution in [1.29, 1.82) is 0 Å². The molecule has 0 saturated carbocycles. The van der Waals surface area contributed by atoms with Crippen molar-refractivity contribution in [2.45, 2.75) is 42.1 Å². The van der Waals surface area contributed by atoms with Crippen LogP contribution in [0.15, 0.2) is 58.8 Å². The highest BCUT2D eigenvalue weighted by Gasteiger charge is 2.41. The molecule has 6 nitrogen and oxygen atoms in total. The number of fused-ring (bicyclic) bond motifs is 2. The maximum absolute atomic E-state index is 13.9. The van der Waals surface area contributed by atoms with Crippen LogP contribution < -0.4 is 4.90 Å². The van der Waals surface area contributed by atoms with E-state index in [1.165, 1.54) is 12.1 Å². The summed E-state index contributed by atoms with van der Waals surface area (Å²) in [6, 6.07) is 6.59. The van der Waals surface area contributed by atoms with Gasteiger partial charge in [0.25, 0.3) is 0 Å². The first-order valence-corrected chi connectivity index (χ1v) is 11.8. The highest BCUT2D eigenvalue weighted by atomic mass is 32.2. The van der Waals surface area contributed by atoms with Crippen molar-refractivity contribution in [3.05, 3.63) is 54.9 Å². The predicted molar refractivity (Wildman–Crippen MR) is 123 cm³/mol. The van der Waals surface area contributed by atoms with Gasteiger partial charge in [-0.3, -0.25) is 9.38 Å². The number of piperidine rings is 1. The van der Waals surface area contributed by atoms with E-state index < -0.39 is 0 Å². The summed E-state index contributed by atoms with van der Waals surface area (Å²) in [6.45, 7) is 4.99. The van der Waals surface area contributed by atoms with Crippen LogP contribution in [0.4, 0.5) is 10.3 Å². The first-order valence-electron chi connectivity index (χ1n) is 11.0. The molecule has 0 amide bonds. The molecule has 3 aromatic heterocycles. The second kappa shape index (κ2) is 7.71. The van der Waals surface area contributed by atoms with Crippen LogP contribution in [0.3, 0.4) is 0 Å². The molecule has 6 rings (SSSR count). The lowest BCUT2D eigenvalue weighted by Crippen LogP contribution is -2.41. The minimum atomic E-state index is -0.267. The van der Waals surface area contributed by atoms with Gasteiger partial charge in [-0.1, -0.05) is 11.8 Å². The van der Waals surface area contributed by atoms with Crippen LogP contribution in [0.5, 0.6) is 0 Å². The maximum Gasteiger partial charge on any atom is 0.211 e. The van der Waals surface area contributed by atoms with Gasteiger partial charge in [-0.15, -0.1) is 0 Å². The Morgan fingerprint density at radius 2 is 1.97 bits per heavy atom. The topological polar surface area (TPSA) is 55.6 Å². The molecule has 2 aliphatic rings. The third-order valence-electron chi connectivity index (χ3n) is 6.76. The van der Waals surface area contributed by atoms with Crippen LogP contribution >= 0.6 is 11.8 Å². The van der Waals surface area contributed by atoms with Gasteiger partial charge in [-0.2, -0.15) is 0 Å². The van der Waals surface area contributed by atoms with Crippen LogP contribution in [-0.4, -0.2) is 45.2 Å². The van der Waals surface area contributed by atoms with Crippen molar-refractivity contribution < 1.29 is 9.13 Å². The first kappa shape index (κ1) is 19.9. The van der Waals surface area contributed by atoms with Crippen LogP contribution in [-0.2, 0) is 4.74 Å². The van der Waals surface area contributed by atoms with E-state index in [2.05, 4.69) is 26.2 Å². The zero-order valence-corrected chi connectivity index (χ0v) is 18.7. The number of aromatic nitrogens is 4. The Balaban J connectivity index is 1.30. The molecule has 1 aromatic carbocycles. The van der Waals surface area contributed by atoms with E-state index >= 15 is 0 Å². The van der Waals surface area contributed by atoms with Gasteiger partial charge < -0.3 is 9.64 Å². The van der Waals surface area contributed by atoms with Gasteiger partial charge in [0.15, 0.2) is 5.65 Å². The van der Waals surface area contributed by atoms with Gasteiger partial charge in [0.05, 0.1) is 23.1 Å². The Morgan fingerprint density at radius 3 is 2.78 bits per heavy atom. The Morgan fingerprint density at radius 1 is 1.09 bits per heavy atom. The minimum Gasteiger partial charge on any atom is -0.378 e. The molecule has 0 aliphatic carbocycles. The van der Waals surface area contributed by atoms with E-state index in [0.717, 1.165) is 71.2 Å². The molecule has 0 radical (unpaired) electrons. The lowest BCUT2D eigenvalue weighted by atomic mass is 9.77. The summed E-state index contributed by atoms with van der Waals surface area (Å²) < 4.78 is 21.8. The summed E-state index contributed by atoms with van der Waals surface area (Å²) in [4.78, 5) is 18.0. The fraction of sp³-hybridized carbons (Fsp3) is 0.375. The number of halogens is 1. The molecule has 2 saturated heterocycles. The number of rotatable bonds is 3.